The third kappa shape index (κ3) is 2.45. The lowest BCUT2D eigenvalue weighted by molar-refractivity contribution is 0.371. The minimum Gasteiger partial charge on any atom is -0.326 e. The molecule has 0 amide bonds. The molecule has 2 nitrogen and oxygen atoms in total. The fourth-order valence-electron chi connectivity index (χ4n) is 2.25. The van der Waals surface area contributed by atoms with E-state index in [1.54, 1.807) is 0 Å². The van der Waals surface area contributed by atoms with Crippen molar-refractivity contribution in [2.24, 2.45) is 16.1 Å². The van der Waals surface area contributed by atoms with Gasteiger partial charge in [0.1, 0.15) is 0 Å². The van der Waals surface area contributed by atoms with E-state index in [4.69, 9.17) is 5.73 Å². The fourth-order valence-corrected chi connectivity index (χ4v) is 2.25. The van der Waals surface area contributed by atoms with Crippen LogP contribution in [0.5, 0.6) is 0 Å². The van der Waals surface area contributed by atoms with E-state index in [1.807, 2.05) is 0 Å². The molecule has 0 bridgehead atoms. The van der Waals surface area contributed by atoms with Crippen LogP contribution in [-0.2, 0) is 6.42 Å². The Bertz CT molecular complexity index is 356. The SMILES string of the molecule is CC1(Cc2ccccc2)CN=C(CN)C1. The second-order valence-corrected chi connectivity index (χ2v) is 4.74. The van der Waals surface area contributed by atoms with Crippen LogP contribution in [0, 0.1) is 5.41 Å². The van der Waals surface area contributed by atoms with Crippen molar-refractivity contribution in [1.82, 2.24) is 0 Å². The average Bonchev–Trinajstić information content (AvgIpc) is 2.61. The Morgan fingerprint density at radius 1 is 1.33 bits per heavy atom. The summed E-state index contributed by atoms with van der Waals surface area (Å²) in [6.45, 7) is 3.84. The van der Waals surface area contributed by atoms with Crippen molar-refractivity contribution in [3.05, 3.63) is 35.9 Å². The second kappa shape index (κ2) is 4.15. The number of hydrogen-bond donors (Lipinski definition) is 1. The first-order chi connectivity index (χ1) is 7.22. The average molecular weight is 202 g/mol. The molecule has 2 rings (SSSR count). The zero-order valence-corrected chi connectivity index (χ0v) is 9.24. The maximum Gasteiger partial charge on any atom is 0.0449 e. The topological polar surface area (TPSA) is 38.4 Å². The highest BCUT2D eigenvalue weighted by molar-refractivity contribution is 5.88. The van der Waals surface area contributed by atoms with E-state index in [0.29, 0.717) is 6.54 Å². The molecule has 1 unspecified atom stereocenters. The molecule has 0 saturated heterocycles. The maximum absolute atomic E-state index is 5.62. The summed E-state index contributed by atoms with van der Waals surface area (Å²) < 4.78 is 0. The molecule has 0 aliphatic carbocycles. The molecule has 1 aromatic carbocycles. The van der Waals surface area contributed by atoms with Gasteiger partial charge >= 0.3 is 0 Å². The van der Waals surface area contributed by atoms with Crippen LogP contribution in [0.3, 0.4) is 0 Å². The van der Waals surface area contributed by atoms with Crippen molar-refractivity contribution in [3.8, 4) is 0 Å². The Labute approximate surface area is 91.2 Å². The molecule has 0 spiro atoms. The maximum atomic E-state index is 5.62. The van der Waals surface area contributed by atoms with E-state index in [-0.39, 0.29) is 5.41 Å². The summed E-state index contributed by atoms with van der Waals surface area (Å²) in [5.41, 5.74) is 8.48. The van der Waals surface area contributed by atoms with Crippen molar-refractivity contribution in [2.45, 2.75) is 19.8 Å². The van der Waals surface area contributed by atoms with E-state index in [2.05, 4.69) is 42.2 Å². The largest absolute Gasteiger partial charge is 0.326 e. The van der Waals surface area contributed by atoms with Gasteiger partial charge in [-0.05, 0) is 23.8 Å². The van der Waals surface area contributed by atoms with Gasteiger partial charge in [-0.25, -0.2) is 0 Å². The molecular weight excluding hydrogens is 184 g/mol. The first-order valence-electron chi connectivity index (χ1n) is 5.48. The fraction of sp³-hybridized carbons (Fsp3) is 0.462. The molecule has 0 aromatic heterocycles. The number of hydrogen-bond acceptors (Lipinski definition) is 2. The summed E-state index contributed by atoms with van der Waals surface area (Å²) in [4.78, 5) is 4.50. The minimum atomic E-state index is 0.288. The number of benzene rings is 1. The molecule has 1 aliphatic rings. The van der Waals surface area contributed by atoms with E-state index in [0.717, 1.165) is 19.4 Å². The lowest BCUT2D eigenvalue weighted by Crippen LogP contribution is -2.23. The highest BCUT2D eigenvalue weighted by Crippen LogP contribution is 2.31. The van der Waals surface area contributed by atoms with Crippen molar-refractivity contribution in [2.75, 3.05) is 13.1 Å². The quantitative estimate of drug-likeness (QED) is 0.800. The molecule has 0 saturated carbocycles. The highest BCUT2D eigenvalue weighted by atomic mass is 14.8. The minimum absolute atomic E-state index is 0.288. The van der Waals surface area contributed by atoms with E-state index in [1.165, 1.54) is 11.3 Å². The predicted molar refractivity (Wildman–Crippen MR) is 64.2 cm³/mol. The van der Waals surface area contributed by atoms with Crippen LogP contribution < -0.4 is 5.73 Å². The summed E-state index contributed by atoms with van der Waals surface area (Å²) in [7, 11) is 0. The number of rotatable bonds is 3. The monoisotopic (exact) mass is 202 g/mol. The summed E-state index contributed by atoms with van der Waals surface area (Å²) >= 11 is 0. The lowest BCUT2D eigenvalue weighted by atomic mass is 9.81. The van der Waals surface area contributed by atoms with Gasteiger partial charge in [0, 0.05) is 18.8 Å². The lowest BCUT2D eigenvalue weighted by Gasteiger charge is -2.22. The van der Waals surface area contributed by atoms with Crippen LogP contribution in [0.1, 0.15) is 18.9 Å². The van der Waals surface area contributed by atoms with Crippen LogP contribution in [0.25, 0.3) is 0 Å². The Balaban J connectivity index is 2.02. The Kier molecular flexibility index (Phi) is 2.87. The molecule has 2 N–H and O–H groups in total. The first-order valence-corrected chi connectivity index (χ1v) is 5.48. The molecule has 1 heterocycles. The van der Waals surface area contributed by atoms with Gasteiger partial charge in [0.2, 0.25) is 0 Å². The van der Waals surface area contributed by atoms with Crippen molar-refractivity contribution < 1.29 is 0 Å². The van der Waals surface area contributed by atoms with Crippen molar-refractivity contribution in [3.63, 3.8) is 0 Å². The van der Waals surface area contributed by atoms with Crippen LogP contribution in [-0.4, -0.2) is 18.8 Å². The third-order valence-corrected chi connectivity index (χ3v) is 3.02. The molecule has 15 heavy (non-hydrogen) atoms. The van der Waals surface area contributed by atoms with E-state index < -0.39 is 0 Å². The normalized spacial score (nSPS) is 25.3. The Morgan fingerprint density at radius 2 is 2.07 bits per heavy atom. The van der Waals surface area contributed by atoms with E-state index >= 15 is 0 Å². The number of aliphatic imine (C=N–C) groups is 1. The zero-order valence-electron chi connectivity index (χ0n) is 9.24. The summed E-state index contributed by atoms with van der Waals surface area (Å²) in [5, 5.41) is 0. The molecule has 1 aromatic rings. The van der Waals surface area contributed by atoms with Gasteiger partial charge in [-0.15, -0.1) is 0 Å². The number of nitrogens with zero attached hydrogens (tertiary/aromatic N) is 1. The first kappa shape index (κ1) is 10.4. The van der Waals surface area contributed by atoms with Gasteiger partial charge in [-0.1, -0.05) is 37.3 Å². The third-order valence-electron chi connectivity index (χ3n) is 3.02. The predicted octanol–water partition coefficient (Wildman–Crippen LogP) is 2.04. The smallest absolute Gasteiger partial charge is 0.0449 e. The van der Waals surface area contributed by atoms with Gasteiger partial charge in [-0.2, -0.15) is 0 Å². The van der Waals surface area contributed by atoms with Crippen molar-refractivity contribution >= 4 is 5.71 Å². The van der Waals surface area contributed by atoms with E-state index in [9.17, 15) is 0 Å². The molecular formula is C13H18N2. The Morgan fingerprint density at radius 3 is 2.67 bits per heavy atom. The zero-order chi connectivity index (χ0) is 10.7. The van der Waals surface area contributed by atoms with Gasteiger partial charge in [0.05, 0.1) is 0 Å². The Hall–Kier alpha value is -1.15. The second-order valence-electron chi connectivity index (χ2n) is 4.74. The van der Waals surface area contributed by atoms with Gasteiger partial charge in [0.25, 0.3) is 0 Å². The summed E-state index contributed by atoms with van der Waals surface area (Å²) in [5.74, 6) is 0. The molecule has 0 radical (unpaired) electrons. The summed E-state index contributed by atoms with van der Waals surface area (Å²) in [6.07, 6.45) is 2.15. The standard InChI is InChI=1S/C13H18N2/c1-13(8-12(9-14)15-10-13)7-11-5-3-2-4-6-11/h2-6H,7-10,14H2,1H3. The van der Waals surface area contributed by atoms with Crippen LogP contribution in [0.2, 0.25) is 0 Å². The molecule has 1 atom stereocenters. The van der Waals surface area contributed by atoms with Crippen LogP contribution >= 0.6 is 0 Å². The number of nitrogens with two attached hydrogens (primary N) is 1. The highest BCUT2D eigenvalue weighted by Gasteiger charge is 2.30. The van der Waals surface area contributed by atoms with Gasteiger partial charge in [-0.3, -0.25) is 4.99 Å². The molecule has 1 aliphatic heterocycles. The molecule has 0 fully saturated rings. The van der Waals surface area contributed by atoms with Crippen molar-refractivity contribution in [1.29, 1.82) is 0 Å². The van der Waals surface area contributed by atoms with Gasteiger partial charge in [0.15, 0.2) is 0 Å². The van der Waals surface area contributed by atoms with Crippen LogP contribution in [0.4, 0.5) is 0 Å². The van der Waals surface area contributed by atoms with Crippen LogP contribution in [0.15, 0.2) is 35.3 Å². The molecule has 80 valence electrons. The summed E-state index contributed by atoms with van der Waals surface area (Å²) in [6, 6.07) is 10.6. The molecule has 2 heteroatoms. The van der Waals surface area contributed by atoms with Gasteiger partial charge < -0.3 is 5.73 Å².